The molecule has 0 spiro atoms. The Bertz CT molecular complexity index is 614. The van der Waals surface area contributed by atoms with E-state index in [2.05, 4.69) is 26.1 Å². The number of carbonyl (C=O) groups is 1. The number of hydrogen-bond donors (Lipinski definition) is 1. The van der Waals surface area contributed by atoms with Crippen molar-refractivity contribution in [2.45, 2.75) is 53.1 Å². The van der Waals surface area contributed by atoms with Gasteiger partial charge in [-0.2, -0.15) is 0 Å². The first-order valence-electron chi connectivity index (χ1n) is 9.49. The van der Waals surface area contributed by atoms with Crippen LogP contribution in [0.5, 0.6) is 11.5 Å². The summed E-state index contributed by atoms with van der Waals surface area (Å²) in [7, 11) is 3.18. The van der Waals surface area contributed by atoms with E-state index in [1.165, 1.54) is 12.8 Å². The van der Waals surface area contributed by atoms with Crippen LogP contribution in [-0.2, 0) is 9.53 Å². The van der Waals surface area contributed by atoms with E-state index in [1.54, 1.807) is 20.3 Å². The van der Waals surface area contributed by atoms with Crippen LogP contribution in [0, 0.1) is 24.7 Å². The molecule has 146 valence electrons. The third-order valence-electron chi connectivity index (χ3n) is 5.39. The van der Waals surface area contributed by atoms with Crippen molar-refractivity contribution in [1.82, 2.24) is 0 Å². The molecule has 1 aromatic rings. The van der Waals surface area contributed by atoms with Gasteiger partial charge in [-0.3, -0.25) is 4.79 Å². The van der Waals surface area contributed by atoms with Gasteiger partial charge < -0.3 is 19.5 Å². The fraction of sp³-hybridized carbons (Fsp3) is 0.667. The molecule has 0 aromatic heterocycles. The number of amides is 1. The maximum absolute atomic E-state index is 12.4. The summed E-state index contributed by atoms with van der Waals surface area (Å²) in [6, 6.07) is 3.64. The highest BCUT2D eigenvalue weighted by atomic mass is 16.5. The van der Waals surface area contributed by atoms with Crippen LogP contribution in [0.25, 0.3) is 0 Å². The minimum Gasteiger partial charge on any atom is -0.493 e. The maximum atomic E-state index is 12.4. The fourth-order valence-corrected chi connectivity index (χ4v) is 3.79. The van der Waals surface area contributed by atoms with Gasteiger partial charge in [-0.05, 0) is 49.1 Å². The number of methoxy groups -OCH3 is 2. The van der Waals surface area contributed by atoms with Crippen LogP contribution in [0.1, 0.15) is 45.6 Å². The average molecular weight is 363 g/mol. The maximum Gasteiger partial charge on any atom is 0.250 e. The molecule has 2 rings (SSSR count). The Kier molecular flexibility index (Phi) is 7.33. The van der Waals surface area contributed by atoms with Crippen molar-refractivity contribution in [1.29, 1.82) is 0 Å². The van der Waals surface area contributed by atoms with E-state index < -0.39 is 0 Å². The Morgan fingerprint density at radius 1 is 1.19 bits per heavy atom. The van der Waals surface area contributed by atoms with E-state index in [4.69, 9.17) is 14.2 Å². The van der Waals surface area contributed by atoms with Gasteiger partial charge in [0, 0.05) is 11.8 Å². The molecule has 1 saturated carbocycles. The van der Waals surface area contributed by atoms with Crippen molar-refractivity contribution < 1.29 is 19.0 Å². The largest absolute Gasteiger partial charge is 0.493 e. The minimum atomic E-state index is -0.138. The van der Waals surface area contributed by atoms with Gasteiger partial charge in [0.1, 0.15) is 6.61 Å². The van der Waals surface area contributed by atoms with Gasteiger partial charge in [0.2, 0.25) is 5.91 Å². The van der Waals surface area contributed by atoms with Crippen molar-refractivity contribution >= 4 is 11.6 Å². The number of aryl methyl sites for hydroxylation is 1. The minimum absolute atomic E-state index is 0.0778. The Hall–Kier alpha value is -1.75. The third-order valence-corrected chi connectivity index (χ3v) is 5.39. The molecular formula is C21H33NO4. The van der Waals surface area contributed by atoms with Crippen LogP contribution >= 0.6 is 0 Å². The zero-order chi connectivity index (χ0) is 19.3. The van der Waals surface area contributed by atoms with E-state index in [0.717, 1.165) is 12.0 Å². The first-order valence-corrected chi connectivity index (χ1v) is 9.49. The second-order valence-electron chi connectivity index (χ2n) is 7.75. The molecular weight excluding hydrogens is 330 g/mol. The summed E-state index contributed by atoms with van der Waals surface area (Å²) in [5.74, 6) is 2.86. The molecule has 0 saturated heterocycles. The molecule has 1 amide bonds. The van der Waals surface area contributed by atoms with Crippen LogP contribution in [-0.4, -0.2) is 32.8 Å². The molecule has 1 aromatic carbocycles. The van der Waals surface area contributed by atoms with Crippen LogP contribution in [0.15, 0.2) is 12.1 Å². The van der Waals surface area contributed by atoms with Gasteiger partial charge in [0.05, 0.1) is 20.3 Å². The number of carbonyl (C=O) groups excluding carboxylic acids is 1. The van der Waals surface area contributed by atoms with Crippen molar-refractivity contribution in [3.63, 3.8) is 0 Å². The van der Waals surface area contributed by atoms with Gasteiger partial charge >= 0.3 is 0 Å². The van der Waals surface area contributed by atoms with Crippen molar-refractivity contribution in [2.75, 3.05) is 26.1 Å². The van der Waals surface area contributed by atoms with E-state index in [0.29, 0.717) is 34.9 Å². The van der Waals surface area contributed by atoms with Gasteiger partial charge in [0.15, 0.2) is 11.5 Å². The monoisotopic (exact) mass is 363 g/mol. The van der Waals surface area contributed by atoms with Gasteiger partial charge in [-0.25, -0.2) is 0 Å². The Balaban J connectivity index is 1.98. The average Bonchev–Trinajstić information content (AvgIpc) is 2.61. The predicted molar refractivity (Wildman–Crippen MR) is 104 cm³/mol. The highest BCUT2D eigenvalue weighted by Crippen LogP contribution is 2.35. The van der Waals surface area contributed by atoms with Crippen molar-refractivity contribution in [3.05, 3.63) is 17.7 Å². The van der Waals surface area contributed by atoms with Crippen LogP contribution in [0.4, 0.5) is 5.69 Å². The quantitative estimate of drug-likeness (QED) is 0.779. The zero-order valence-corrected chi connectivity index (χ0v) is 16.9. The molecule has 1 fully saturated rings. The Morgan fingerprint density at radius 2 is 1.85 bits per heavy atom. The number of nitrogens with one attached hydrogen (secondary N) is 1. The molecule has 5 heteroatoms. The van der Waals surface area contributed by atoms with E-state index in [-0.39, 0.29) is 18.6 Å². The molecule has 1 aliphatic rings. The number of hydrogen-bond acceptors (Lipinski definition) is 4. The Morgan fingerprint density at radius 3 is 2.46 bits per heavy atom. The summed E-state index contributed by atoms with van der Waals surface area (Å²) in [4.78, 5) is 12.4. The molecule has 0 aliphatic heterocycles. The Labute approximate surface area is 157 Å². The summed E-state index contributed by atoms with van der Waals surface area (Å²) in [6.45, 7) is 8.75. The summed E-state index contributed by atoms with van der Waals surface area (Å²) in [6.07, 6.45) is 3.63. The van der Waals surface area contributed by atoms with E-state index >= 15 is 0 Å². The molecule has 3 atom stereocenters. The predicted octanol–water partition coefficient (Wildman–Crippen LogP) is 4.43. The summed E-state index contributed by atoms with van der Waals surface area (Å²) in [5, 5.41) is 2.93. The van der Waals surface area contributed by atoms with Crippen LogP contribution in [0.2, 0.25) is 0 Å². The van der Waals surface area contributed by atoms with Gasteiger partial charge in [-0.15, -0.1) is 0 Å². The van der Waals surface area contributed by atoms with Gasteiger partial charge in [0.25, 0.3) is 0 Å². The number of ether oxygens (including phenoxy) is 3. The van der Waals surface area contributed by atoms with Crippen LogP contribution < -0.4 is 14.8 Å². The summed E-state index contributed by atoms with van der Waals surface area (Å²) >= 11 is 0. The zero-order valence-electron chi connectivity index (χ0n) is 16.9. The normalized spacial score (nSPS) is 23.0. The molecule has 26 heavy (non-hydrogen) atoms. The smallest absolute Gasteiger partial charge is 0.250 e. The molecule has 0 heterocycles. The summed E-state index contributed by atoms with van der Waals surface area (Å²) in [5.41, 5.74) is 1.64. The summed E-state index contributed by atoms with van der Waals surface area (Å²) < 4.78 is 16.6. The molecule has 0 unspecified atom stereocenters. The van der Waals surface area contributed by atoms with E-state index in [1.807, 2.05) is 13.0 Å². The van der Waals surface area contributed by atoms with Crippen molar-refractivity contribution in [2.24, 2.45) is 17.8 Å². The second-order valence-corrected chi connectivity index (χ2v) is 7.75. The first kappa shape index (κ1) is 20.6. The lowest BCUT2D eigenvalue weighted by molar-refractivity contribution is -0.126. The topological polar surface area (TPSA) is 56.8 Å². The molecule has 5 nitrogen and oxygen atoms in total. The lowest BCUT2D eigenvalue weighted by Crippen LogP contribution is -2.36. The van der Waals surface area contributed by atoms with Crippen LogP contribution in [0.3, 0.4) is 0 Å². The van der Waals surface area contributed by atoms with E-state index in [9.17, 15) is 4.79 Å². The lowest BCUT2D eigenvalue weighted by atomic mass is 9.75. The highest BCUT2D eigenvalue weighted by molar-refractivity contribution is 5.92. The first-order chi connectivity index (χ1) is 12.3. The SMILES string of the molecule is COc1cc(C)c(NC(=O)CO[C@@H]2C[C@@H](C)CC[C@@H]2C(C)C)cc1OC. The fourth-order valence-electron chi connectivity index (χ4n) is 3.79. The number of benzene rings is 1. The van der Waals surface area contributed by atoms with Gasteiger partial charge in [-0.1, -0.05) is 27.2 Å². The second kappa shape index (κ2) is 9.26. The highest BCUT2D eigenvalue weighted by Gasteiger charge is 2.31. The molecule has 1 aliphatic carbocycles. The number of rotatable bonds is 7. The molecule has 0 bridgehead atoms. The molecule has 0 radical (unpaired) electrons. The lowest BCUT2D eigenvalue weighted by Gasteiger charge is -2.37. The number of anilines is 1. The third kappa shape index (κ3) is 5.13. The standard InChI is InChI=1S/C21H33NO4/c1-13(2)16-8-7-14(3)9-18(16)26-12-21(23)22-17-11-20(25-6)19(24-5)10-15(17)4/h10-11,13-14,16,18H,7-9,12H2,1-6H3,(H,22,23)/t14-,16+,18+/m0/s1. The van der Waals surface area contributed by atoms with Crippen molar-refractivity contribution in [3.8, 4) is 11.5 Å². The molecule has 1 N–H and O–H groups in total.